The van der Waals surface area contributed by atoms with Gasteiger partial charge in [0, 0.05) is 6.16 Å². The Balaban J connectivity index is 3.34. The van der Waals surface area contributed by atoms with E-state index >= 15 is 0 Å². The van der Waals surface area contributed by atoms with Gasteiger partial charge in [-0.2, -0.15) is 0 Å². The third-order valence-corrected chi connectivity index (χ3v) is 2.44. The van der Waals surface area contributed by atoms with Gasteiger partial charge in [0.25, 0.3) is 0 Å². The third kappa shape index (κ3) is 4.68. The van der Waals surface area contributed by atoms with E-state index in [4.69, 9.17) is 4.52 Å². The SMILES string of the molecule is CCC(C)O[PH](=O)CC. The molecule has 0 aliphatic carbocycles. The van der Waals surface area contributed by atoms with Crippen LogP contribution in [0.25, 0.3) is 0 Å². The summed E-state index contributed by atoms with van der Waals surface area (Å²) in [5, 5.41) is 0. The van der Waals surface area contributed by atoms with Gasteiger partial charge in [0.2, 0.25) is 0 Å². The van der Waals surface area contributed by atoms with Crippen LogP contribution in [0.2, 0.25) is 0 Å². The molecule has 0 aliphatic rings. The van der Waals surface area contributed by atoms with Crippen molar-refractivity contribution in [1.29, 1.82) is 0 Å². The molecule has 2 unspecified atom stereocenters. The Kier molecular flexibility index (Phi) is 5.12. The van der Waals surface area contributed by atoms with Gasteiger partial charge in [-0.1, -0.05) is 13.8 Å². The van der Waals surface area contributed by atoms with Crippen molar-refractivity contribution in [2.45, 2.75) is 33.3 Å². The Bertz CT molecular complexity index is 93.1. The second-order valence-electron chi connectivity index (χ2n) is 2.06. The smallest absolute Gasteiger partial charge is 0.191 e. The zero-order valence-corrected chi connectivity index (χ0v) is 7.31. The topological polar surface area (TPSA) is 26.3 Å². The van der Waals surface area contributed by atoms with Gasteiger partial charge >= 0.3 is 0 Å². The van der Waals surface area contributed by atoms with Crippen molar-refractivity contribution in [2.75, 3.05) is 6.16 Å². The monoisotopic (exact) mass is 150 g/mol. The number of rotatable bonds is 4. The fourth-order valence-corrected chi connectivity index (χ4v) is 1.17. The van der Waals surface area contributed by atoms with E-state index in [9.17, 15) is 4.57 Å². The molecule has 0 N–H and O–H groups in total. The van der Waals surface area contributed by atoms with Crippen LogP contribution in [0, 0.1) is 0 Å². The molecule has 0 bridgehead atoms. The molecule has 0 spiro atoms. The van der Waals surface area contributed by atoms with E-state index in [1.165, 1.54) is 0 Å². The Hall–Kier alpha value is 0.190. The largest absolute Gasteiger partial charge is 0.327 e. The normalized spacial score (nSPS) is 17.2. The predicted octanol–water partition coefficient (Wildman–Crippen LogP) is 2.30. The van der Waals surface area contributed by atoms with E-state index in [2.05, 4.69) is 0 Å². The van der Waals surface area contributed by atoms with Gasteiger partial charge in [-0.25, -0.2) is 0 Å². The van der Waals surface area contributed by atoms with Crippen LogP contribution >= 0.6 is 8.03 Å². The zero-order chi connectivity index (χ0) is 7.28. The first kappa shape index (κ1) is 9.19. The summed E-state index contributed by atoms with van der Waals surface area (Å²) in [5.74, 6) is 0. The van der Waals surface area contributed by atoms with E-state index in [1.807, 2.05) is 20.8 Å². The Labute approximate surface area is 57.5 Å². The average Bonchev–Trinajstić information content (AvgIpc) is 1.87. The highest BCUT2D eigenvalue weighted by molar-refractivity contribution is 7.39. The predicted molar refractivity (Wildman–Crippen MR) is 40.4 cm³/mol. The van der Waals surface area contributed by atoms with Gasteiger partial charge in [-0.05, 0) is 13.3 Å². The molecule has 0 saturated heterocycles. The molecule has 0 aromatic heterocycles. The maximum absolute atomic E-state index is 10.7. The van der Waals surface area contributed by atoms with Crippen molar-refractivity contribution in [3.05, 3.63) is 0 Å². The highest BCUT2D eigenvalue weighted by Crippen LogP contribution is 2.23. The van der Waals surface area contributed by atoms with Gasteiger partial charge in [0.05, 0.1) is 6.10 Å². The second-order valence-corrected chi connectivity index (χ2v) is 3.75. The molecule has 56 valence electrons. The number of hydrogen-bond donors (Lipinski definition) is 0. The van der Waals surface area contributed by atoms with Crippen LogP contribution in [-0.2, 0) is 9.09 Å². The Morgan fingerprint density at radius 2 is 2.11 bits per heavy atom. The standard InChI is InChI=1S/C6H15O2P/c1-4-6(3)8-9(7)5-2/h6,9H,4-5H2,1-3H3. The van der Waals surface area contributed by atoms with Crippen LogP contribution in [0.4, 0.5) is 0 Å². The lowest BCUT2D eigenvalue weighted by molar-refractivity contribution is 0.231. The fraction of sp³-hybridized carbons (Fsp3) is 1.00. The van der Waals surface area contributed by atoms with Crippen LogP contribution in [0.3, 0.4) is 0 Å². The quantitative estimate of drug-likeness (QED) is 0.575. The maximum Gasteiger partial charge on any atom is 0.191 e. The fourth-order valence-electron chi connectivity index (χ4n) is 0.391. The molecule has 0 aromatic carbocycles. The molecule has 3 heteroatoms. The summed E-state index contributed by atoms with van der Waals surface area (Å²) in [7, 11) is -1.69. The summed E-state index contributed by atoms with van der Waals surface area (Å²) in [6.07, 6.45) is 1.77. The molecule has 0 rings (SSSR count). The van der Waals surface area contributed by atoms with Crippen LogP contribution < -0.4 is 0 Å². The average molecular weight is 150 g/mol. The molecular formula is C6H15O2P. The van der Waals surface area contributed by atoms with Crippen molar-refractivity contribution >= 4 is 8.03 Å². The molecule has 0 aromatic rings. The lowest BCUT2D eigenvalue weighted by atomic mass is 10.3. The minimum atomic E-state index is -1.69. The second kappa shape index (κ2) is 5.01. The molecule has 0 saturated carbocycles. The van der Waals surface area contributed by atoms with E-state index in [0.717, 1.165) is 6.42 Å². The van der Waals surface area contributed by atoms with Gasteiger partial charge in [-0.15, -0.1) is 0 Å². The summed E-state index contributed by atoms with van der Waals surface area (Å²) in [6, 6.07) is 0. The van der Waals surface area contributed by atoms with Crippen LogP contribution in [0.1, 0.15) is 27.2 Å². The van der Waals surface area contributed by atoms with Crippen molar-refractivity contribution in [2.24, 2.45) is 0 Å². The lowest BCUT2D eigenvalue weighted by Gasteiger charge is -2.07. The molecule has 2 nitrogen and oxygen atoms in total. The summed E-state index contributed by atoms with van der Waals surface area (Å²) in [6.45, 7) is 5.84. The van der Waals surface area contributed by atoms with Crippen molar-refractivity contribution < 1.29 is 9.09 Å². The van der Waals surface area contributed by atoms with E-state index in [0.29, 0.717) is 6.16 Å². The number of hydrogen-bond acceptors (Lipinski definition) is 2. The van der Waals surface area contributed by atoms with Gasteiger partial charge in [0.1, 0.15) is 0 Å². The van der Waals surface area contributed by atoms with Crippen molar-refractivity contribution in [3.8, 4) is 0 Å². The summed E-state index contributed by atoms with van der Waals surface area (Å²) >= 11 is 0. The summed E-state index contributed by atoms with van der Waals surface area (Å²) < 4.78 is 15.8. The van der Waals surface area contributed by atoms with Crippen LogP contribution in [-0.4, -0.2) is 12.3 Å². The summed E-state index contributed by atoms with van der Waals surface area (Å²) in [4.78, 5) is 0. The minimum Gasteiger partial charge on any atom is -0.327 e. The first-order valence-electron chi connectivity index (χ1n) is 3.40. The van der Waals surface area contributed by atoms with Crippen LogP contribution in [0.15, 0.2) is 0 Å². The van der Waals surface area contributed by atoms with E-state index in [1.54, 1.807) is 0 Å². The zero-order valence-electron chi connectivity index (χ0n) is 6.31. The minimum absolute atomic E-state index is 0.163. The van der Waals surface area contributed by atoms with E-state index in [-0.39, 0.29) is 6.10 Å². The van der Waals surface area contributed by atoms with E-state index < -0.39 is 8.03 Å². The molecule has 0 aliphatic heterocycles. The molecule has 2 atom stereocenters. The molecule has 9 heavy (non-hydrogen) atoms. The molecule has 0 fully saturated rings. The molecule has 0 heterocycles. The molecular weight excluding hydrogens is 135 g/mol. The molecule has 0 radical (unpaired) electrons. The van der Waals surface area contributed by atoms with Gasteiger partial charge in [0.15, 0.2) is 8.03 Å². The summed E-state index contributed by atoms with van der Waals surface area (Å²) in [5.41, 5.74) is 0. The first-order chi connectivity index (χ1) is 4.20. The van der Waals surface area contributed by atoms with Gasteiger partial charge < -0.3 is 4.52 Å². The van der Waals surface area contributed by atoms with Gasteiger partial charge in [-0.3, -0.25) is 4.57 Å². The van der Waals surface area contributed by atoms with Crippen molar-refractivity contribution in [1.82, 2.24) is 0 Å². The van der Waals surface area contributed by atoms with Crippen LogP contribution in [0.5, 0.6) is 0 Å². The Morgan fingerprint density at radius 1 is 1.56 bits per heavy atom. The highest BCUT2D eigenvalue weighted by Gasteiger charge is 2.01. The highest BCUT2D eigenvalue weighted by atomic mass is 31.1. The maximum atomic E-state index is 10.7. The molecule has 0 amide bonds. The Morgan fingerprint density at radius 3 is 2.44 bits per heavy atom. The van der Waals surface area contributed by atoms with Crippen molar-refractivity contribution in [3.63, 3.8) is 0 Å². The first-order valence-corrected chi connectivity index (χ1v) is 4.92. The third-order valence-electron chi connectivity index (χ3n) is 1.20. The lowest BCUT2D eigenvalue weighted by Crippen LogP contribution is -1.99.